The Labute approximate surface area is 153 Å². The Hall–Kier alpha value is -2.26. The van der Waals surface area contributed by atoms with E-state index >= 15 is 0 Å². The highest BCUT2D eigenvalue weighted by Crippen LogP contribution is 2.23. The number of carbonyl (C=O) groups excluding carboxylic acids is 1. The Bertz CT molecular complexity index is 798. The summed E-state index contributed by atoms with van der Waals surface area (Å²) in [6, 6.07) is 5.61. The number of hydrogen-bond acceptors (Lipinski definition) is 6. The molecule has 0 atom stereocenters. The van der Waals surface area contributed by atoms with Crippen molar-refractivity contribution in [1.29, 1.82) is 0 Å². The number of nitrogens with zero attached hydrogens (tertiary/aromatic N) is 3. The zero-order valence-corrected chi connectivity index (χ0v) is 16.7. The van der Waals surface area contributed by atoms with Crippen LogP contribution in [0.3, 0.4) is 0 Å². The van der Waals surface area contributed by atoms with Crippen LogP contribution in [0.15, 0.2) is 18.2 Å². The van der Waals surface area contributed by atoms with Gasteiger partial charge in [-0.3, -0.25) is 14.9 Å². The number of aryl methyl sites for hydroxylation is 1. The van der Waals surface area contributed by atoms with E-state index in [-0.39, 0.29) is 18.1 Å². The summed E-state index contributed by atoms with van der Waals surface area (Å²) in [6.07, 6.45) is 0.573. The number of nitro benzene ring substituents is 1. The summed E-state index contributed by atoms with van der Waals surface area (Å²) in [5, 5.41) is 11.0. The Kier molecular flexibility index (Phi) is 6.49. The van der Waals surface area contributed by atoms with Crippen molar-refractivity contribution in [2.24, 2.45) is 0 Å². The van der Waals surface area contributed by atoms with Crippen LogP contribution in [0.2, 0.25) is 25.7 Å². The van der Waals surface area contributed by atoms with Gasteiger partial charge in [0, 0.05) is 33.2 Å². The molecule has 2 rings (SSSR count). The second kappa shape index (κ2) is 8.41. The molecule has 0 saturated heterocycles. The number of carbonyl (C=O) groups is 1. The molecule has 8 nitrogen and oxygen atoms in total. The number of nitro groups is 1. The number of aromatic nitrogens is 2. The largest absolute Gasteiger partial charge is 0.469 e. The van der Waals surface area contributed by atoms with Crippen molar-refractivity contribution < 1.29 is 19.2 Å². The number of imidazole rings is 1. The molecule has 0 amide bonds. The molecule has 2 aromatic rings. The van der Waals surface area contributed by atoms with Gasteiger partial charge < -0.3 is 14.0 Å². The molecule has 26 heavy (non-hydrogen) atoms. The number of methoxy groups -OCH3 is 1. The maximum Gasteiger partial charge on any atom is 0.305 e. The first-order valence-electron chi connectivity index (χ1n) is 8.49. The number of esters is 1. The molecule has 0 unspecified atom stereocenters. The molecule has 0 N–H and O–H groups in total. The van der Waals surface area contributed by atoms with Gasteiger partial charge >= 0.3 is 5.97 Å². The lowest BCUT2D eigenvalue weighted by atomic mass is 10.3. The van der Waals surface area contributed by atoms with Crippen LogP contribution in [0.1, 0.15) is 12.2 Å². The van der Waals surface area contributed by atoms with Gasteiger partial charge in [-0.1, -0.05) is 19.6 Å². The van der Waals surface area contributed by atoms with E-state index in [2.05, 4.69) is 29.4 Å². The molecule has 0 aliphatic rings. The highest BCUT2D eigenvalue weighted by Gasteiger charge is 2.17. The van der Waals surface area contributed by atoms with Crippen molar-refractivity contribution in [1.82, 2.24) is 9.55 Å². The predicted molar refractivity (Wildman–Crippen MR) is 101 cm³/mol. The lowest BCUT2D eigenvalue weighted by Crippen LogP contribution is -2.22. The summed E-state index contributed by atoms with van der Waals surface area (Å²) in [5.41, 5.74) is 1.26. The Balaban J connectivity index is 2.24. The molecule has 0 spiro atoms. The number of rotatable bonds is 9. The summed E-state index contributed by atoms with van der Waals surface area (Å²) in [4.78, 5) is 26.5. The minimum Gasteiger partial charge on any atom is -0.469 e. The first-order chi connectivity index (χ1) is 12.2. The van der Waals surface area contributed by atoms with Crippen LogP contribution in [0, 0.1) is 10.1 Å². The van der Waals surface area contributed by atoms with Gasteiger partial charge in [-0.2, -0.15) is 0 Å². The van der Waals surface area contributed by atoms with Crippen LogP contribution in [-0.4, -0.2) is 42.2 Å². The van der Waals surface area contributed by atoms with E-state index in [0.29, 0.717) is 31.1 Å². The van der Waals surface area contributed by atoms with Gasteiger partial charge in [-0.05, 0) is 12.1 Å². The van der Waals surface area contributed by atoms with E-state index in [1.807, 2.05) is 4.57 Å². The molecule has 0 saturated carbocycles. The SMILES string of the molecule is COC(=O)CCc1nc2cc([N+](=O)[O-])ccc2n1COCC[Si](C)(C)C. The van der Waals surface area contributed by atoms with E-state index in [0.717, 1.165) is 11.6 Å². The maximum absolute atomic E-state index is 11.5. The van der Waals surface area contributed by atoms with Crippen molar-refractivity contribution in [3.63, 3.8) is 0 Å². The molecule has 0 aliphatic carbocycles. The molecular weight excluding hydrogens is 354 g/mol. The van der Waals surface area contributed by atoms with Crippen molar-refractivity contribution in [3.05, 3.63) is 34.1 Å². The topological polar surface area (TPSA) is 96.5 Å². The van der Waals surface area contributed by atoms with Crippen LogP contribution >= 0.6 is 0 Å². The summed E-state index contributed by atoms with van der Waals surface area (Å²) < 4.78 is 12.4. The predicted octanol–water partition coefficient (Wildman–Crippen LogP) is 3.36. The fraction of sp³-hybridized carbons (Fsp3) is 0.529. The lowest BCUT2D eigenvalue weighted by molar-refractivity contribution is -0.384. The van der Waals surface area contributed by atoms with Crippen molar-refractivity contribution in [2.75, 3.05) is 13.7 Å². The second-order valence-electron chi connectivity index (χ2n) is 7.31. The van der Waals surface area contributed by atoms with Gasteiger partial charge in [0.15, 0.2) is 0 Å². The molecule has 1 aromatic heterocycles. The van der Waals surface area contributed by atoms with Crippen molar-refractivity contribution in [2.45, 2.75) is 45.3 Å². The van der Waals surface area contributed by atoms with Gasteiger partial charge in [0.25, 0.3) is 5.69 Å². The average molecular weight is 379 g/mol. The number of fused-ring (bicyclic) bond motifs is 1. The quantitative estimate of drug-likeness (QED) is 0.218. The van der Waals surface area contributed by atoms with Gasteiger partial charge in [0.2, 0.25) is 0 Å². The Morgan fingerprint density at radius 3 is 2.69 bits per heavy atom. The third-order valence-electron chi connectivity index (χ3n) is 4.02. The number of hydrogen-bond donors (Lipinski definition) is 0. The molecular formula is C17H25N3O5Si. The van der Waals surface area contributed by atoms with Crippen LogP contribution < -0.4 is 0 Å². The second-order valence-corrected chi connectivity index (χ2v) is 12.9. The monoisotopic (exact) mass is 379 g/mol. The van der Waals surface area contributed by atoms with Gasteiger partial charge in [0.05, 0.1) is 29.5 Å². The van der Waals surface area contributed by atoms with Crippen molar-refractivity contribution in [3.8, 4) is 0 Å². The van der Waals surface area contributed by atoms with Gasteiger partial charge in [-0.15, -0.1) is 0 Å². The summed E-state index contributed by atoms with van der Waals surface area (Å²) in [5.74, 6) is 0.327. The minimum atomic E-state index is -1.19. The van der Waals surface area contributed by atoms with E-state index in [1.165, 1.54) is 19.2 Å². The average Bonchev–Trinajstić information content (AvgIpc) is 2.92. The standard InChI is InChI=1S/C17H25N3O5Si/c1-24-17(21)8-7-16-18-14-11-13(20(22)23)5-6-15(14)19(16)12-25-9-10-26(2,3)4/h5-6,11H,7-10,12H2,1-4H3. The van der Waals surface area contributed by atoms with Crippen LogP contribution in [0.4, 0.5) is 5.69 Å². The van der Waals surface area contributed by atoms with E-state index in [4.69, 9.17) is 4.74 Å². The Morgan fingerprint density at radius 2 is 2.08 bits per heavy atom. The molecule has 1 aromatic carbocycles. The zero-order chi connectivity index (χ0) is 19.3. The van der Waals surface area contributed by atoms with E-state index < -0.39 is 13.0 Å². The van der Waals surface area contributed by atoms with Crippen LogP contribution in [-0.2, 0) is 27.4 Å². The lowest BCUT2D eigenvalue weighted by Gasteiger charge is -2.16. The minimum absolute atomic E-state index is 0.0127. The third-order valence-corrected chi connectivity index (χ3v) is 5.72. The molecule has 0 aliphatic heterocycles. The highest BCUT2D eigenvalue weighted by molar-refractivity contribution is 6.76. The molecule has 0 radical (unpaired) electrons. The molecule has 1 heterocycles. The molecule has 0 bridgehead atoms. The van der Waals surface area contributed by atoms with E-state index in [1.54, 1.807) is 6.07 Å². The Morgan fingerprint density at radius 1 is 1.35 bits per heavy atom. The fourth-order valence-corrected chi connectivity index (χ4v) is 3.22. The first kappa shape index (κ1) is 20.1. The number of benzene rings is 1. The highest BCUT2D eigenvalue weighted by atomic mass is 28.3. The summed E-state index contributed by atoms with van der Waals surface area (Å²) in [6.45, 7) is 7.80. The normalized spacial score (nSPS) is 11.7. The fourth-order valence-electron chi connectivity index (χ4n) is 2.47. The third kappa shape index (κ3) is 5.37. The van der Waals surface area contributed by atoms with Crippen LogP contribution in [0.25, 0.3) is 11.0 Å². The number of ether oxygens (including phenoxy) is 2. The smallest absolute Gasteiger partial charge is 0.305 e. The van der Waals surface area contributed by atoms with Crippen LogP contribution in [0.5, 0.6) is 0 Å². The van der Waals surface area contributed by atoms with Crippen molar-refractivity contribution >= 4 is 30.8 Å². The molecule has 9 heteroatoms. The molecule has 0 fully saturated rings. The summed E-state index contributed by atoms with van der Waals surface area (Å²) in [7, 11) is 0.154. The zero-order valence-electron chi connectivity index (χ0n) is 15.7. The molecule has 142 valence electrons. The van der Waals surface area contributed by atoms with E-state index in [9.17, 15) is 14.9 Å². The maximum atomic E-state index is 11.5. The summed E-state index contributed by atoms with van der Waals surface area (Å²) >= 11 is 0. The first-order valence-corrected chi connectivity index (χ1v) is 12.2. The number of non-ortho nitro benzene ring substituents is 1. The van der Waals surface area contributed by atoms with Gasteiger partial charge in [-0.25, -0.2) is 4.98 Å². The van der Waals surface area contributed by atoms with Gasteiger partial charge in [0.1, 0.15) is 12.6 Å².